The Kier molecular flexibility index (Phi) is 5.05. The lowest BCUT2D eigenvalue weighted by Gasteiger charge is -2.07. The maximum Gasteiger partial charge on any atom is 0.335 e. The molecular formula is C10H14N2O5S. The second kappa shape index (κ2) is 6.31. The number of rotatable bonds is 7. The van der Waals surface area contributed by atoms with E-state index >= 15 is 0 Å². The zero-order valence-corrected chi connectivity index (χ0v) is 10.6. The second-order valence-corrected chi connectivity index (χ2v) is 5.34. The highest BCUT2D eigenvalue weighted by molar-refractivity contribution is 7.92. The summed E-state index contributed by atoms with van der Waals surface area (Å²) in [6.07, 6.45) is 1.58. The summed E-state index contributed by atoms with van der Waals surface area (Å²) in [6.45, 7) is 0.337. The third kappa shape index (κ3) is 4.68. The molecule has 0 amide bonds. The Morgan fingerprint density at radius 1 is 1.56 bits per heavy atom. The zero-order valence-electron chi connectivity index (χ0n) is 9.79. The summed E-state index contributed by atoms with van der Waals surface area (Å²) < 4.78 is 30.2. The summed E-state index contributed by atoms with van der Waals surface area (Å²) in [4.78, 5) is 14.5. The summed E-state index contributed by atoms with van der Waals surface area (Å²) in [5, 5.41) is 8.76. The van der Waals surface area contributed by atoms with Crippen LogP contribution in [0.1, 0.15) is 16.8 Å². The summed E-state index contributed by atoms with van der Waals surface area (Å²) in [7, 11) is -2.05. The van der Waals surface area contributed by atoms with Gasteiger partial charge in [-0.05, 0) is 18.6 Å². The number of hydrogen-bond acceptors (Lipinski definition) is 5. The highest BCUT2D eigenvalue weighted by atomic mass is 32.2. The highest BCUT2D eigenvalue weighted by Crippen LogP contribution is 2.09. The van der Waals surface area contributed by atoms with Gasteiger partial charge in [-0.3, -0.25) is 4.72 Å². The van der Waals surface area contributed by atoms with Crippen molar-refractivity contribution in [1.82, 2.24) is 4.98 Å². The van der Waals surface area contributed by atoms with Gasteiger partial charge >= 0.3 is 5.97 Å². The first kappa shape index (κ1) is 14.4. The van der Waals surface area contributed by atoms with Crippen molar-refractivity contribution in [2.75, 3.05) is 24.2 Å². The first-order valence-electron chi connectivity index (χ1n) is 5.13. The fourth-order valence-corrected chi connectivity index (χ4v) is 2.25. The van der Waals surface area contributed by atoms with Crippen molar-refractivity contribution in [1.29, 1.82) is 0 Å². The SMILES string of the molecule is COCCCS(=O)(=O)Nc1cc(C(=O)O)ccn1. The normalized spacial score (nSPS) is 11.2. The van der Waals surface area contributed by atoms with E-state index in [1.165, 1.54) is 19.4 Å². The minimum Gasteiger partial charge on any atom is -0.478 e. The lowest BCUT2D eigenvalue weighted by Crippen LogP contribution is -2.18. The summed E-state index contributed by atoms with van der Waals surface area (Å²) in [5.41, 5.74) is -0.0282. The van der Waals surface area contributed by atoms with Gasteiger partial charge in [0.2, 0.25) is 10.0 Å². The first-order chi connectivity index (χ1) is 8.44. The molecule has 0 fully saturated rings. The topological polar surface area (TPSA) is 106 Å². The number of aromatic nitrogens is 1. The third-order valence-electron chi connectivity index (χ3n) is 2.03. The maximum atomic E-state index is 11.6. The number of pyridine rings is 1. The molecule has 0 saturated carbocycles. The van der Waals surface area contributed by atoms with E-state index in [9.17, 15) is 13.2 Å². The molecule has 7 nitrogen and oxygen atoms in total. The van der Waals surface area contributed by atoms with Gasteiger partial charge in [-0.1, -0.05) is 0 Å². The van der Waals surface area contributed by atoms with Crippen LogP contribution >= 0.6 is 0 Å². The minimum absolute atomic E-state index is 0.00711. The molecular weight excluding hydrogens is 260 g/mol. The number of carbonyl (C=O) groups is 1. The van der Waals surface area contributed by atoms with Crippen LogP contribution < -0.4 is 4.72 Å². The molecule has 0 aromatic carbocycles. The number of anilines is 1. The number of carboxylic acid groups (broad SMARTS) is 1. The van der Waals surface area contributed by atoms with Crippen LogP contribution in [0.5, 0.6) is 0 Å². The number of nitrogens with one attached hydrogen (secondary N) is 1. The first-order valence-corrected chi connectivity index (χ1v) is 6.78. The van der Waals surface area contributed by atoms with Gasteiger partial charge in [0.05, 0.1) is 11.3 Å². The molecule has 0 bridgehead atoms. The molecule has 0 unspecified atom stereocenters. The number of methoxy groups -OCH3 is 1. The Balaban J connectivity index is 2.72. The van der Waals surface area contributed by atoms with Crippen molar-refractivity contribution in [3.05, 3.63) is 23.9 Å². The highest BCUT2D eigenvalue weighted by Gasteiger charge is 2.12. The van der Waals surface area contributed by atoms with Crippen molar-refractivity contribution < 1.29 is 23.1 Å². The molecule has 8 heteroatoms. The van der Waals surface area contributed by atoms with E-state index in [0.29, 0.717) is 13.0 Å². The Morgan fingerprint density at radius 3 is 2.89 bits per heavy atom. The van der Waals surface area contributed by atoms with E-state index in [4.69, 9.17) is 9.84 Å². The minimum atomic E-state index is -3.53. The molecule has 0 spiro atoms. The average molecular weight is 274 g/mol. The predicted octanol–water partition coefficient (Wildman–Crippen LogP) is 0.558. The van der Waals surface area contributed by atoms with Crippen LogP contribution in [0.25, 0.3) is 0 Å². The summed E-state index contributed by atoms with van der Waals surface area (Å²) >= 11 is 0. The van der Waals surface area contributed by atoms with Gasteiger partial charge in [-0.25, -0.2) is 18.2 Å². The molecule has 0 aliphatic heterocycles. The monoisotopic (exact) mass is 274 g/mol. The van der Waals surface area contributed by atoms with E-state index in [2.05, 4.69) is 9.71 Å². The lowest BCUT2D eigenvalue weighted by atomic mass is 10.3. The number of ether oxygens (including phenoxy) is 1. The Hall–Kier alpha value is -1.67. The molecule has 2 N–H and O–H groups in total. The molecule has 0 atom stereocenters. The number of aromatic carboxylic acids is 1. The molecule has 0 aliphatic carbocycles. The predicted molar refractivity (Wildman–Crippen MR) is 65.1 cm³/mol. The van der Waals surface area contributed by atoms with Gasteiger partial charge in [0.25, 0.3) is 0 Å². The molecule has 0 aliphatic rings. The maximum absolute atomic E-state index is 11.6. The molecule has 1 aromatic rings. The third-order valence-corrected chi connectivity index (χ3v) is 3.37. The molecule has 1 heterocycles. The van der Waals surface area contributed by atoms with Gasteiger partial charge in [-0.2, -0.15) is 0 Å². The summed E-state index contributed by atoms with van der Waals surface area (Å²) in [6, 6.07) is 2.45. The molecule has 18 heavy (non-hydrogen) atoms. The molecule has 1 aromatic heterocycles. The lowest BCUT2D eigenvalue weighted by molar-refractivity contribution is 0.0697. The summed E-state index contributed by atoms with van der Waals surface area (Å²) in [5.74, 6) is -1.26. The van der Waals surface area contributed by atoms with Crippen LogP contribution in [0.3, 0.4) is 0 Å². The number of nitrogens with zero attached hydrogens (tertiary/aromatic N) is 1. The largest absolute Gasteiger partial charge is 0.478 e. The van der Waals surface area contributed by atoms with E-state index in [1.54, 1.807) is 0 Å². The Bertz CT molecular complexity index is 515. The van der Waals surface area contributed by atoms with Gasteiger partial charge < -0.3 is 9.84 Å². The zero-order chi connectivity index (χ0) is 13.6. The van der Waals surface area contributed by atoms with Crippen molar-refractivity contribution in [3.63, 3.8) is 0 Å². The van der Waals surface area contributed by atoms with E-state index < -0.39 is 16.0 Å². The van der Waals surface area contributed by atoms with Crippen LogP contribution in [0, 0.1) is 0 Å². The van der Waals surface area contributed by atoms with Crippen LogP contribution in [-0.2, 0) is 14.8 Å². The van der Waals surface area contributed by atoms with Crippen molar-refractivity contribution >= 4 is 21.8 Å². The van der Waals surface area contributed by atoms with E-state index in [1.807, 2.05) is 0 Å². The van der Waals surface area contributed by atoms with Crippen molar-refractivity contribution in [2.45, 2.75) is 6.42 Å². The second-order valence-electron chi connectivity index (χ2n) is 3.50. The van der Waals surface area contributed by atoms with Crippen LogP contribution in [0.2, 0.25) is 0 Å². The van der Waals surface area contributed by atoms with Gasteiger partial charge in [0.15, 0.2) is 0 Å². The molecule has 1 rings (SSSR count). The molecule has 100 valence electrons. The fourth-order valence-electron chi connectivity index (χ4n) is 1.22. The Labute approximate surface area is 105 Å². The van der Waals surface area contributed by atoms with Gasteiger partial charge in [0.1, 0.15) is 5.82 Å². The van der Waals surface area contributed by atoms with E-state index in [0.717, 1.165) is 6.07 Å². The van der Waals surface area contributed by atoms with Crippen molar-refractivity contribution in [2.24, 2.45) is 0 Å². The van der Waals surface area contributed by atoms with Crippen LogP contribution in [0.4, 0.5) is 5.82 Å². The van der Waals surface area contributed by atoms with Crippen molar-refractivity contribution in [3.8, 4) is 0 Å². The molecule has 0 radical (unpaired) electrons. The van der Waals surface area contributed by atoms with Gasteiger partial charge in [0, 0.05) is 19.9 Å². The standard InChI is InChI=1S/C10H14N2O5S/c1-17-5-2-6-18(15,16)12-9-7-8(10(13)14)3-4-11-9/h3-4,7H,2,5-6H2,1H3,(H,11,12)(H,13,14). The Morgan fingerprint density at radius 2 is 2.28 bits per heavy atom. The van der Waals surface area contributed by atoms with Crippen LogP contribution in [-0.4, -0.2) is 43.9 Å². The quantitative estimate of drug-likeness (QED) is 0.704. The van der Waals surface area contributed by atoms with E-state index in [-0.39, 0.29) is 17.1 Å². The molecule has 0 saturated heterocycles. The number of hydrogen-bond donors (Lipinski definition) is 2. The number of sulfonamides is 1. The van der Waals surface area contributed by atoms with Crippen LogP contribution in [0.15, 0.2) is 18.3 Å². The average Bonchev–Trinajstić information content (AvgIpc) is 2.28. The van der Waals surface area contributed by atoms with Gasteiger partial charge in [-0.15, -0.1) is 0 Å². The number of carboxylic acids is 1. The smallest absolute Gasteiger partial charge is 0.335 e. The fraction of sp³-hybridized carbons (Fsp3) is 0.400.